The fraction of sp³-hybridized carbons (Fsp3) is 0.200. The lowest BCUT2D eigenvalue weighted by atomic mass is 9.73. The number of carbonyl (C=O) groups is 4. The molecule has 0 saturated carbocycles. The molecule has 0 unspecified atom stereocenters. The van der Waals surface area contributed by atoms with E-state index in [-0.39, 0.29) is 0 Å². The molecule has 0 aromatic heterocycles. The third kappa shape index (κ3) is 1.99. The van der Waals surface area contributed by atoms with Crippen LogP contribution >= 0.6 is 11.6 Å². The van der Waals surface area contributed by atoms with Crippen LogP contribution in [0.15, 0.2) is 60.7 Å². The molecule has 8 heteroatoms. The minimum absolute atomic E-state index is 0.387. The van der Waals surface area contributed by atoms with Crippen molar-refractivity contribution in [3.05, 3.63) is 60.7 Å². The molecule has 6 rings (SSSR count). The molecular formula is C20H14ClN3O4. The van der Waals surface area contributed by atoms with Gasteiger partial charge in [0.15, 0.2) is 0 Å². The van der Waals surface area contributed by atoms with Gasteiger partial charge in [-0.2, -0.15) is 0 Å². The van der Waals surface area contributed by atoms with Crippen LogP contribution in [0.2, 0.25) is 0 Å². The van der Waals surface area contributed by atoms with Crippen molar-refractivity contribution in [1.82, 2.24) is 5.32 Å². The molecular weight excluding hydrogens is 382 g/mol. The zero-order valence-corrected chi connectivity index (χ0v) is 15.2. The van der Waals surface area contributed by atoms with Gasteiger partial charge in [-0.3, -0.25) is 24.1 Å². The Balaban J connectivity index is 1.67. The van der Waals surface area contributed by atoms with Gasteiger partial charge in [-0.15, -0.1) is 0 Å². The van der Waals surface area contributed by atoms with E-state index < -0.39 is 46.5 Å². The molecule has 140 valence electrons. The highest BCUT2D eigenvalue weighted by Crippen LogP contribution is 2.50. The number of imide groups is 1. The number of nitrogens with zero attached hydrogens (tertiary/aromatic N) is 2. The van der Waals surface area contributed by atoms with Crippen LogP contribution in [0.4, 0.5) is 11.4 Å². The standard InChI is InChI=1S/C20H14ClN3O4/c21-20-14-13(17(26)24(18(14)27)12-9-5-2-6-10-12)15(16(25)22-20)23(19(20)28)11-7-3-1-4-8-11/h1-10,13-15H,(H,22,25)/t13-,14-,15+,20+/m0/s1. The number of halogens is 1. The number of alkyl halides is 1. The molecule has 1 N–H and O–H groups in total. The van der Waals surface area contributed by atoms with Crippen molar-refractivity contribution >= 4 is 46.6 Å². The molecule has 28 heavy (non-hydrogen) atoms. The van der Waals surface area contributed by atoms with E-state index in [0.29, 0.717) is 11.4 Å². The average Bonchev–Trinajstić information content (AvgIpc) is 2.97. The molecule has 0 spiro atoms. The second-order valence-electron chi connectivity index (χ2n) is 7.01. The number of piperidine rings is 2. The molecule has 2 aromatic rings. The van der Waals surface area contributed by atoms with Crippen LogP contribution in [0.3, 0.4) is 0 Å². The van der Waals surface area contributed by atoms with Gasteiger partial charge in [-0.25, -0.2) is 4.90 Å². The minimum Gasteiger partial charge on any atom is -0.327 e. The zero-order chi connectivity index (χ0) is 19.6. The number of fused-ring (bicyclic) bond motifs is 2. The van der Waals surface area contributed by atoms with E-state index in [0.717, 1.165) is 4.90 Å². The molecule has 4 saturated heterocycles. The molecule has 4 atom stereocenters. The molecule has 7 nitrogen and oxygen atoms in total. The van der Waals surface area contributed by atoms with Gasteiger partial charge in [0.25, 0.3) is 5.91 Å². The van der Waals surface area contributed by atoms with Crippen LogP contribution in [0, 0.1) is 11.8 Å². The Bertz CT molecular complexity index is 1030. The van der Waals surface area contributed by atoms with E-state index in [1.165, 1.54) is 4.90 Å². The van der Waals surface area contributed by atoms with Crippen molar-refractivity contribution in [2.75, 3.05) is 9.80 Å². The van der Waals surface area contributed by atoms with Crippen LogP contribution in [0.1, 0.15) is 0 Å². The fourth-order valence-electron chi connectivity index (χ4n) is 4.39. The van der Waals surface area contributed by atoms with Gasteiger partial charge in [0, 0.05) is 5.69 Å². The predicted octanol–water partition coefficient (Wildman–Crippen LogP) is 1.27. The molecule has 2 aromatic carbocycles. The SMILES string of the molecule is O=C1N[C@@]2(Cl)C(=O)N(c3ccccc3)[C@@H]1[C@H]1C(=O)N(c3ccccc3)C(=O)[C@H]12. The summed E-state index contributed by atoms with van der Waals surface area (Å²) in [5.41, 5.74) is 0.840. The molecule has 4 aliphatic heterocycles. The summed E-state index contributed by atoms with van der Waals surface area (Å²) in [6, 6.07) is 15.8. The second kappa shape index (κ2) is 5.65. The Hall–Kier alpha value is -3.19. The Morgan fingerprint density at radius 1 is 0.821 bits per heavy atom. The Labute approximate surface area is 164 Å². The summed E-state index contributed by atoms with van der Waals surface area (Å²) < 4.78 is 0. The largest absolute Gasteiger partial charge is 0.327 e. The van der Waals surface area contributed by atoms with Gasteiger partial charge in [0.2, 0.25) is 22.7 Å². The molecule has 4 fully saturated rings. The van der Waals surface area contributed by atoms with E-state index in [9.17, 15) is 19.2 Å². The summed E-state index contributed by atoms with van der Waals surface area (Å²) in [5.74, 6) is -4.46. The highest BCUT2D eigenvalue weighted by atomic mass is 35.5. The Morgan fingerprint density at radius 2 is 1.39 bits per heavy atom. The number of piperazine rings is 1. The van der Waals surface area contributed by atoms with Gasteiger partial charge in [0.05, 0.1) is 17.5 Å². The molecule has 4 amide bonds. The second-order valence-corrected chi connectivity index (χ2v) is 7.60. The van der Waals surface area contributed by atoms with Crippen molar-refractivity contribution in [2.24, 2.45) is 11.8 Å². The summed E-state index contributed by atoms with van der Waals surface area (Å²) in [6.07, 6.45) is 0. The lowest BCUT2D eigenvalue weighted by Crippen LogP contribution is -2.79. The number of carbonyl (C=O) groups excluding carboxylic acids is 4. The summed E-state index contributed by atoms with van der Waals surface area (Å²) in [7, 11) is 0. The smallest absolute Gasteiger partial charge is 0.270 e. The number of hydrogen-bond acceptors (Lipinski definition) is 4. The predicted molar refractivity (Wildman–Crippen MR) is 100 cm³/mol. The molecule has 4 heterocycles. The van der Waals surface area contributed by atoms with Crippen LogP contribution < -0.4 is 15.1 Å². The van der Waals surface area contributed by atoms with Crippen molar-refractivity contribution in [3.8, 4) is 0 Å². The first-order chi connectivity index (χ1) is 13.4. The van der Waals surface area contributed by atoms with Crippen molar-refractivity contribution < 1.29 is 19.2 Å². The fourth-order valence-corrected chi connectivity index (χ4v) is 4.80. The van der Waals surface area contributed by atoms with Crippen molar-refractivity contribution in [3.63, 3.8) is 0 Å². The van der Waals surface area contributed by atoms with Crippen molar-refractivity contribution in [2.45, 2.75) is 11.0 Å². The van der Waals surface area contributed by atoms with Crippen LogP contribution in [-0.4, -0.2) is 34.7 Å². The normalized spacial score (nSPS) is 31.2. The average molecular weight is 396 g/mol. The van der Waals surface area contributed by atoms with E-state index >= 15 is 0 Å². The van der Waals surface area contributed by atoms with Crippen LogP contribution in [0.25, 0.3) is 0 Å². The van der Waals surface area contributed by atoms with Gasteiger partial charge in [-0.05, 0) is 24.3 Å². The number of hydrogen-bond donors (Lipinski definition) is 1. The zero-order valence-electron chi connectivity index (χ0n) is 14.4. The molecule has 2 bridgehead atoms. The summed E-state index contributed by atoms with van der Waals surface area (Å²) >= 11 is 6.58. The Morgan fingerprint density at radius 3 is 2.00 bits per heavy atom. The summed E-state index contributed by atoms with van der Waals surface area (Å²) in [6.45, 7) is 0. The van der Waals surface area contributed by atoms with Gasteiger partial charge >= 0.3 is 0 Å². The minimum atomic E-state index is -2.00. The summed E-state index contributed by atoms with van der Waals surface area (Å²) in [4.78, 5) is 52.6. The summed E-state index contributed by atoms with van der Waals surface area (Å²) in [5, 5.41) is 2.47. The van der Waals surface area contributed by atoms with Gasteiger partial charge in [0.1, 0.15) is 6.04 Å². The lowest BCUT2D eigenvalue weighted by molar-refractivity contribution is -0.149. The number of amides is 4. The van der Waals surface area contributed by atoms with E-state index in [2.05, 4.69) is 5.32 Å². The Kier molecular flexibility index (Phi) is 3.42. The van der Waals surface area contributed by atoms with Crippen LogP contribution in [0.5, 0.6) is 0 Å². The maximum atomic E-state index is 13.2. The van der Waals surface area contributed by atoms with Crippen molar-refractivity contribution in [1.29, 1.82) is 0 Å². The lowest BCUT2D eigenvalue weighted by Gasteiger charge is -2.52. The highest BCUT2D eigenvalue weighted by molar-refractivity contribution is 6.44. The number of anilines is 2. The number of benzene rings is 2. The maximum absolute atomic E-state index is 13.2. The van der Waals surface area contributed by atoms with E-state index in [1.54, 1.807) is 60.7 Å². The molecule has 0 radical (unpaired) electrons. The first-order valence-electron chi connectivity index (χ1n) is 8.77. The van der Waals surface area contributed by atoms with E-state index in [4.69, 9.17) is 11.6 Å². The first kappa shape index (κ1) is 16.9. The molecule has 4 aliphatic rings. The number of nitrogens with one attached hydrogen (secondary N) is 1. The quantitative estimate of drug-likeness (QED) is 0.471. The number of para-hydroxylation sites is 2. The van der Waals surface area contributed by atoms with Gasteiger partial charge < -0.3 is 5.32 Å². The molecule has 0 aliphatic carbocycles. The third-order valence-corrected chi connectivity index (χ3v) is 6.04. The number of rotatable bonds is 2. The maximum Gasteiger partial charge on any atom is 0.270 e. The van der Waals surface area contributed by atoms with Gasteiger partial charge in [-0.1, -0.05) is 48.0 Å². The monoisotopic (exact) mass is 395 g/mol. The highest BCUT2D eigenvalue weighted by Gasteiger charge is 2.73. The van der Waals surface area contributed by atoms with E-state index in [1.807, 2.05) is 0 Å². The first-order valence-corrected chi connectivity index (χ1v) is 9.15. The topological polar surface area (TPSA) is 86.8 Å². The van der Waals surface area contributed by atoms with Crippen LogP contribution in [-0.2, 0) is 19.2 Å². The third-order valence-electron chi connectivity index (χ3n) is 5.55.